The first-order chi connectivity index (χ1) is 8.78. The Labute approximate surface area is 111 Å². The Hall–Kier alpha value is -1.67. The van der Waals surface area contributed by atoms with Crippen LogP contribution in [-0.2, 0) is 10.0 Å². The van der Waals surface area contributed by atoms with Gasteiger partial charge in [0.05, 0.1) is 4.90 Å². The summed E-state index contributed by atoms with van der Waals surface area (Å²) in [5.41, 5.74) is 5.73. The van der Waals surface area contributed by atoms with Crippen LogP contribution in [0.15, 0.2) is 28.3 Å². The molecule has 0 bridgehead atoms. The summed E-state index contributed by atoms with van der Waals surface area (Å²) < 4.78 is 38.6. The van der Waals surface area contributed by atoms with E-state index in [0.29, 0.717) is 5.56 Å². The predicted molar refractivity (Wildman–Crippen MR) is 69.0 cm³/mol. The van der Waals surface area contributed by atoms with E-state index in [1.165, 1.54) is 19.2 Å². The molecule has 1 aromatic carbocycles. The molecule has 0 spiro atoms. The molecule has 0 fully saturated rings. The van der Waals surface area contributed by atoms with Crippen molar-refractivity contribution in [2.75, 3.05) is 13.6 Å². The van der Waals surface area contributed by atoms with E-state index < -0.39 is 15.8 Å². The monoisotopic (exact) mass is 289 g/mol. The van der Waals surface area contributed by atoms with Crippen LogP contribution in [0.1, 0.15) is 12.0 Å². The van der Waals surface area contributed by atoms with Crippen LogP contribution in [0, 0.1) is 12.7 Å². The van der Waals surface area contributed by atoms with Gasteiger partial charge in [-0.1, -0.05) is 11.2 Å². The van der Waals surface area contributed by atoms with Crippen molar-refractivity contribution in [1.82, 2.24) is 4.31 Å². The minimum atomic E-state index is -3.79. The molecule has 8 heteroatoms. The lowest BCUT2D eigenvalue weighted by Crippen LogP contribution is -2.31. The molecule has 0 saturated heterocycles. The van der Waals surface area contributed by atoms with E-state index in [0.717, 1.165) is 10.4 Å². The van der Waals surface area contributed by atoms with E-state index in [1.54, 1.807) is 6.92 Å². The van der Waals surface area contributed by atoms with E-state index in [1.807, 2.05) is 0 Å². The van der Waals surface area contributed by atoms with Crippen molar-refractivity contribution in [3.63, 3.8) is 0 Å². The molecule has 1 rings (SSSR count). The molecule has 6 nitrogen and oxygen atoms in total. The molecule has 0 unspecified atom stereocenters. The lowest BCUT2D eigenvalue weighted by Gasteiger charge is -2.18. The smallest absolute Gasteiger partial charge is 0.243 e. The van der Waals surface area contributed by atoms with Crippen molar-refractivity contribution in [3.8, 4) is 0 Å². The maximum Gasteiger partial charge on any atom is 0.243 e. The van der Waals surface area contributed by atoms with Gasteiger partial charge < -0.3 is 10.9 Å². The number of hydrogen-bond acceptors (Lipinski definition) is 4. The quantitative estimate of drug-likeness (QED) is 0.364. The second-order valence-electron chi connectivity index (χ2n) is 4.08. The van der Waals surface area contributed by atoms with Crippen LogP contribution in [-0.4, -0.2) is 37.4 Å². The highest BCUT2D eigenvalue weighted by Gasteiger charge is 2.23. The van der Waals surface area contributed by atoms with Gasteiger partial charge in [0.2, 0.25) is 10.0 Å². The standard InChI is InChI=1S/C11H16FN3O3S/c1-8-3-4-9(12)7-10(8)19(17,18)15(2)6-5-11(13)14-16/h3-4,7,16H,5-6H2,1-2H3,(H2,13,14). The van der Waals surface area contributed by atoms with Crippen LogP contribution in [0.2, 0.25) is 0 Å². The average molecular weight is 289 g/mol. The lowest BCUT2D eigenvalue weighted by molar-refractivity contribution is 0.316. The van der Waals surface area contributed by atoms with E-state index in [2.05, 4.69) is 5.16 Å². The fourth-order valence-electron chi connectivity index (χ4n) is 1.46. The number of halogens is 1. The van der Waals surface area contributed by atoms with Gasteiger partial charge in [0.25, 0.3) is 0 Å². The first-order valence-corrected chi connectivity index (χ1v) is 6.92. The molecule has 0 aliphatic carbocycles. The highest BCUT2D eigenvalue weighted by atomic mass is 32.2. The number of rotatable bonds is 5. The summed E-state index contributed by atoms with van der Waals surface area (Å²) in [6.45, 7) is 1.62. The maximum absolute atomic E-state index is 13.2. The molecule has 3 N–H and O–H groups in total. The van der Waals surface area contributed by atoms with E-state index in [-0.39, 0.29) is 23.7 Å². The second kappa shape index (κ2) is 5.98. The molecular formula is C11H16FN3O3S. The van der Waals surface area contributed by atoms with Crippen molar-refractivity contribution in [1.29, 1.82) is 0 Å². The van der Waals surface area contributed by atoms with Gasteiger partial charge in [0.15, 0.2) is 0 Å². The molecule has 19 heavy (non-hydrogen) atoms. The number of sulfonamides is 1. The Kier molecular flexibility index (Phi) is 4.84. The number of amidine groups is 1. The van der Waals surface area contributed by atoms with Gasteiger partial charge in [-0.25, -0.2) is 17.1 Å². The molecule has 1 aromatic rings. The summed E-state index contributed by atoms with van der Waals surface area (Å²) in [5, 5.41) is 11.2. The zero-order valence-corrected chi connectivity index (χ0v) is 11.5. The molecule has 0 aromatic heterocycles. The summed E-state index contributed by atoms with van der Waals surface area (Å²) in [6, 6.07) is 3.58. The van der Waals surface area contributed by atoms with Gasteiger partial charge in [-0.15, -0.1) is 0 Å². The number of benzene rings is 1. The predicted octanol–water partition coefficient (Wildman–Crippen LogP) is 0.891. The molecule has 0 amide bonds. The topological polar surface area (TPSA) is 96.0 Å². The van der Waals surface area contributed by atoms with Crippen LogP contribution in [0.25, 0.3) is 0 Å². The summed E-state index contributed by atoms with van der Waals surface area (Å²) >= 11 is 0. The minimum Gasteiger partial charge on any atom is -0.409 e. The van der Waals surface area contributed by atoms with E-state index >= 15 is 0 Å². The van der Waals surface area contributed by atoms with Crippen molar-refractivity contribution in [2.24, 2.45) is 10.9 Å². The number of hydrogen-bond donors (Lipinski definition) is 2. The number of nitrogens with zero attached hydrogens (tertiary/aromatic N) is 2. The summed E-state index contributed by atoms with van der Waals surface area (Å²) in [5.74, 6) is -0.688. The molecule has 0 heterocycles. The van der Waals surface area contributed by atoms with Crippen molar-refractivity contribution < 1.29 is 18.0 Å². The Morgan fingerprint density at radius 3 is 2.74 bits per heavy atom. The van der Waals surface area contributed by atoms with Gasteiger partial charge in [0.1, 0.15) is 11.7 Å². The first-order valence-electron chi connectivity index (χ1n) is 5.48. The Bertz CT molecular complexity index is 587. The SMILES string of the molecule is Cc1ccc(F)cc1S(=O)(=O)N(C)CC/C(N)=N/O. The fourth-order valence-corrected chi connectivity index (χ4v) is 2.87. The van der Waals surface area contributed by atoms with Gasteiger partial charge in [-0.3, -0.25) is 0 Å². The van der Waals surface area contributed by atoms with Gasteiger partial charge in [0, 0.05) is 20.0 Å². The van der Waals surface area contributed by atoms with Crippen LogP contribution in [0.4, 0.5) is 4.39 Å². The third kappa shape index (κ3) is 3.65. The molecular weight excluding hydrogens is 273 g/mol. The highest BCUT2D eigenvalue weighted by molar-refractivity contribution is 7.89. The number of oxime groups is 1. The van der Waals surface area contributed by atoms with E-state index in [9.17, 15) is 12.8 Å². The lowest BCUT2D eigenvalue weighted by atomic mass is 10.2. The number of aryl methyl sites for hydroxylation is 1. The van der Waals surface area contributed by atoms with Crippen molar-refractivity contribution in [2.45, 2.75) is 18.2 Å². The molecule has 0 radical (unpaired) electrons. The van der Waals surface area contributed by atoms with Gasteiger partial charge in [-0.05, 0) is 24.6 Å². The molecule has 0 aliphatic heterocycles. The molecule has 0 saturated carbocycles. The van der Waals surface area contributed by atoms with Crippen LogP contribution < -0.4 is 5.73 Å². The zero-order chi connectivity index (χ0) is 14.6. The Morgan fingerprint density at radius 1 is 1.53 bits per heavy atom. The third-order valence-electron chi connectivity index (χ3n) is 2.65. The van der Waals surface area contributed by atoms with Crippen molar-refractivity contribution in [3.05, 3.63) is 29.6 Å². The fraction of sp³-hybridized carbons (Fsp3) is 0.364. The van der Waals surface area contributed by atoms with E-state index in [4.69, 9.17) is 10.9 Å². The first kappa shape index (κ1) is 15.4. The van der Waals surface area contributed by atoms with Gasteiger partial charge in [-0.2, -0.15) is 0 Å². The van der Waals surface area contributed by atoms with Gasteiger partial charge >= 0.3 is 0 Å². The Morgan fingerprint density at radius 2 is 2.16 bits per heavy atom. The van der Waals surface area contributed by atoms with Crippen LogP contribution in [0.5, 0.6) is 0 Å². The molecule has 106 valence electrons. The van der Waals surface area contributed by atoms with Crippen LogP contribution >= 0.6 is 0 Å². The number of nitrogens with two attached hydrogens (primary N) is 1. The largest absolute Gasteiger partial charge is 0.409 e. The summed E-state index contributed by atoms with van der Waals surface area (Å²) in [4.78, 5) is -0.0884. The molecule has 0 aliphatic rings. The molecule has 0 atom stereocenters. The summed E-state index contributed by atoms with van der Waals surface area (Å²) in [7, 11) is -2.44. The third-order valence-corrected chi connectivity index (χ3v) is 4.65. The zero-order valence-electron chi connectivity index (χ0n) is 10.7. The van der Waals surface area contributed by atoms with Crippen molar-refractivity contribution >= 4 is 15.9 Å². The maximum atomic E-state index is 13.2. The average Bonchev–Trinajstić information content (AvgIpc) is 2.37. The van der Waals surface area contributed by atoms with Crippen LogP contribution in [0.3, 0.4) is 0 Å². The minimum absolute atomic E-state index is 0.0359. The highest BCUT2D eigenvalue weighted by Crippen LogP contribution is 2.20. The normalized spacial score (nSPS) is 12.9. The Balaban J connectivity index is 3.00. The second-order valence-corrected chi connectivity index (χ2v) is 6.09. The summed E-state index contributed by atoms with van der Waals surface area (Å²) in [6.07, 6.45) is 0.0839.